The molecule has 4 N–H and O–H groups in total. The van der Waals surface area contributed by atoms with Crippen LogP contribution in [0.2, 0.25) is 0 Å². The number of hydrogen-bond donors (Lipinski definition) is 2. The van der Waals surface area contributed by atoms with E-state index in [0.717, 1.165) is 25.9 Å². The van der Waals surface area contributed by atoms with Gasteiger partial charge in [0.25, 0.3) is 0 Å². The van der Waals surface area contributed by atoms with Crippen LogP contribution in [0.1, 0.15) is 26.7 Å². The minimum absolute atomic E-state index is 0.0976. The molecule has 0 spiro atoms. The van der Waals surface area contributed by atoms with Crippen molar-refractivity contribution in [2.45, 2.75) is 31.6 Å². The van der Waals surface area contributed by atoms with E-state index >= 15 is 0 Å². The maximum Gasteiger partial charge on any atom is 0.240 e. The number of unbranched alkanes of at least 4 members (excludes halogenated alkanes) is 1. The number of nitrogens with two attached hydrogens (primary N) is 2. The van der Waals surface area contributed by atoms with Crippen molar-refractivity contribution in [3.05, 3.63) is 18.2 Å². The van der Waals surface area contributed by atoms with E-state index < -0.39 is 10.0 Å². The molecular weight excluding hydrogens is 250 g/mol. The number of sulfonamides is 1. The summed E-state index contributed by atoms with van der Waals surface area (Å²) in [4.78, 5) is 2.10. The largest absolute Gasteiger partial charge is 0.399 e. The smallest absolute Gasteiger partial charge is 0.240 e. The van der Waals surface area contributed by atoms with E-state index in [-0.39, 0.29) is 4.90 Å². The summed E-state index contributed by atoms with van der Waals surface area (Å²) in [6, 6.07) is 4.83. The normalized spacial score (nSPS) is 11.5. The molecule has 1 aromatic rings. The Morgan fingerprint density at radius 1 is 1.28 bits per heavy atom. The lowest BCUT2D eigenvalue weighted by Crippen LogP contribution is -2.27. The van der Waals surface area contributed by atoms with Crippen molar-refractivity contribution in [2.75, 3.05) is 23.7 Å². The molecule has 1 rings (SSSR count). The van der Waals surface area contributed by atoms with Crippen LogP contribution in [0.5, 0.6) is 0 Å². The van der Waals surface area contributed by atoms with Gasteiger partial charge in [-0.15, -0.1) is 0 Å². The molecule has 0 radical (unpaired) electrons. The first-order valence-electron chi connectivity index (χ1n) is 6.07. The Bertz CT molecular complexity index is 500. The summed E-state index contributed by atoms with van der Waals surface area (Å²) >= 11 is 0. The molecule has 0 aliphatic heterocycles. The van der Waals surface area contributed by atoms with Crippen molar-refractivity contribution >= 4 is 21.4 Å². The Labute approximate surface area is 109 Å². The summed E-state index contributed by atoms with van der Waals surface area (Å²) in [5.74, 6) is 0. The van der Waals surface area contributed by atoms with Crippen LogP contribution in [0, 0.1) is 0 Å². The summed E-state index contributed by atoms with van der Waals surface area (Å²) in [5, 5.41) is 5.24. The predicted octanol–water partition coefficient (Wildman–Crippen LogP) is 1.54. The highest BCUT2D eigenvalue weighted by molar-refractivity contribution is 7.89. The van der Waals surface area contributed by atoms with Gasteiger partial charge in [-0.3, -0.25) is 0 Å². The molecule has 0 atom stereocenters. The van der Waals surface area contributed by atoms with Crippen LogP contribution in [0.4, 0.5) is 11.4 Å². The maximum atomic E-state index is 11.6. The molecule has 0 fully saturated rings. The van der Waals surface area contributed by atoms with E-state index in [4.69, 9.17) is 10.9 Å². The van der Waals surface area contributed by atoms with Gasteiger partial charge >= 0.3 is 0 Å². The lowest BCUT2D eigenvalue weighted by molar-refractivity contribution is 0.597. The molecule has 5 nitrogen and oxygen atoms in total. The monoisotopic (exact) mass is 271 g/mol. The summed E-state index contributed by atoms with van der Waals surface area (Å²) in [5.41, 5.74) is 6.65. The van der Waals surface area contributed by atoms with Crippen LogP contribution in [0.3, 0.4) is 0 Å². The van der Waals surface area contributed by atoms with Crippen molar-refractivity contribution in [3.63, 3.8) is 0 Å². The number of nitrogen functional groups attached to an aromatic ring is 1. The van der Waals surface area contributed by atoms with Crippen molar-refractivity contribution in [2.24, 2.45) is 5.14 Å². The van der Waals surface area contributed by atoms with Crippen LogP contribution in [-0.2, 0) is 10.0 Å². The highest BCUT2D eigenvalue weighted by atomic mass is 32.2. The summed E-state index contributed by atoms with van der Waals surface area (Å²) in [6.45, 7) is 5.61. The maximum absolute atomic E-state index is 11.6. The average Bonchev–Trinajstić information content (AvgIpc) is 2.30. The third kappa shape index (κ3) is 3.61. The second-order valence-corrected chi connectivity index (χ2v) is 5.74. The average molecular weight is 271 g/mol. The van der Waals surface area contributed by atoms with Crippen LogP contribution in [0.15, 0.2) is 23.1 Å². The molecule has 0 bridgehead atoms. The third-order valence-corrected chi connectivity index (χ3v) is 3.73. The molecule has 18 heavy (non-hydrogen) atoms. The molecule has 0 saturated carbocycles. The summed E-state index contributed by atoms with van der Waals surface area (Å²) in [7, 11) is -3.76. The summed E-state index contributed by atoms with van der Waals surface area (Å²) < 4.78 is 23.2. The Kier molecular flexibility index (Phi) is 4.98. The topological polar surface area (TPSA) is 89.4 Å². The fourth-order valence-electron chi connectivity index (χ4n) is 1.82. The zero-order valence-electron chi connectivity index (χ0n) is 10.9. The molecule has 6 heteroatoms. The first-order valence-corrected chi connectivity index (χ1v) is 7.62. The van der Waals surface area contributed by atoms with Crippen molar-refractivity contribution in [3.8, 4) is 0 Å². The number of hydrogen-bond acceptors (Lipinski definition) is 4. The molecular formula is C12H21N3O2S. The van der Waals surface area contributed by atoms with Gasteiger partial charge in [0, 0.05) is 18.8 Å². The van der Waals surface area contributed by atoms with E-state index in [0.29, 0.717) is 11.4 Å². The first kappa shape index (κ1) is 14.8. The van der Waals surface area contributed by atoms with Gasteiger partial charge in [0.15, 0.2) is 0 Å². The van der Waals surface area contributed by atoms with Gasteiger partial charge < -0.3 is 10.6 Å². The van der Waals surface area contributed by atoms with Gasteiger partial charge in [-0.25, -0.2) is 13.6 Å². The number of anilines is 2. The molecule has 0 unspecified atom stereocenters. The van der Waals surface area contributed by atoms with E-state index in [1.807, 2.05) is 11.8 Å². The van der Waals surface area contributed by atoms with Gasteiger partial charge in [0.2, 0.25) is 10.0 Å². The number of primary sulfonamides is 1. The summed E-state index contributed by atoms with van der Waals surface area (Å²) in [6.07, 6.45) is 2.05. The van der Waals surface area contributed by atoms with Gasteiger partial charge in [-0.05, 0) is 31.5 Å². The molecule has 0 aromatic heterocycles. The Balaban J connectivity index is 3.21. The standard InChI is InChI=1S/C12H21N3O2S/c1-3-5-8-15(4-2)11-7-6-10(13)9-12(11)18(14,16)17/h6-7,9H,3-5,8,13H2,1-2H3,(H2,14,16,17). The Hall–Kier alpha value is -1.27. The number of nitrogens with zero attached hydrogens (tertiary/aromatic N) is 1. The molecule has 0 heterocycles. The molecule has 1 aromatic carbocycles. The SMILES string of the molecule is CCCCN(CC)c1ccc(N)cc1S(N)(=O)=O. The molecule has 0 amide bonds. The van der Waals surface area contributed by atoms with Crippen LogP contribution in [0.25, 0.3) is 0 Å². The predicted molar refractivity (Wildman–Crippen MR) is 75.0 cm³/mol. The van der Waals surface area contributed by atoms with Crippen molar-refractivity contribution in [1.29, 1.82) is 0 Å². The second-order valence-electron chi connectivity index (χ2n) is 4.21. The highest BCUT2D eigenvalue weighted by Gasteiger charge is 2.18. The fourth-order valence-corrected chi connectivity index (χ4v) is 2.61. The second kappa shape index (κ2) is 6.06. The van der Waals surface area contributed by atoms with Crippen molar-refractivity contribution in [1.82, 2.24) is 0 Å². The third-order valence-electron chi connectivity index (χ3n) is 2.79. The lowest BCUT2D eigenvalue weighted by Gasteiger charge is -2.25. The van der Waals surface area contributed by atoms with E-state index in [2.05, 4.69) is 6.92 Å². The van der Waals surface area contributed by atoms with E-state index in [9.17, 15) is 8.42 Å². The minimum Gasteiger partial charge on any atom is -0.399 e. The van der Waals surface area contributed by atoms with Crippen molar-refractivity contribution < 1.29 is 8.42 Å². The van der Waals surface area contributed by atoms with Gasteiger partial charge in [0.1, 0.15) is 4.90 Å². The first-order chi connectivity index (χ1) is 8.40. The zero-order valence-corrected chi connectivity index (χ0v) is 11.7. The van der Waals surface area contributed by atoms with Gasteiger partial charge in [-0.1, -0.05) is 13.3 Å². The molecule has 0 saturated heterocycles. The minimum atomic E-state index is -3.76. The number of benzene rings is 1. The van der Waals surface area contributed by atoms with Crippen LogP contribution in [-0.4, -0.2) is 21.5 Å². The Morgan fingerprint density at radius 3 is 2.44 bits per heavy atom. The molecule has 0 aliphatic rings. The van der Waals surface area contributed by atoms with E-state index in [1.165, 1.54) is 6.07 Å². The number of rotatable bonds is 6. The highest BCUT2D eigenvalue weighted by Crippen LogP contribution is 2.26. The van der Waals surface area contributed by atoms with Gasteiger partial charge in [0.05, 0.1) is 5.69 Å². The Morgan fingerprint density at radius 2 is 1.94 bits per heavy atom. The van der Waals surface area contributed by atoms with Gasteiger partial charge in [-0.2, -0.15) is 0 Å². The fraction of sp³-hybridized carbons (Fsp3) is 0.500. The lowest BCUT2D eigenvalue weighted by atomic mass is 10.2. The van der Waals surface area contributed by atoms with E-state index in [1.54, 1.807) is 12.1 Å². The molecule has 0 aliphatic carbocycles. The molecule has 102 valence electrons. The zero-order chi connectivity index (χ0) is 13.8. The quantitative estimate of drug-likeness (QED) is 0.768. The van der Waals surface area contributed by atoms with Crippen LogP contribution >= 0.6 is 0 Å². The van der Waals surface area contributed by atoms with Crippen LogP contribution < -0.4 is 15.8 Å².